The lowest BCUT2D eigenvalue weighted by atomic mass is 10.2. The summed E-state index contributed by atoms with van der Waals surface area (Å²) < 4.78 is 20.6. The van der Waals surface area contributed by atoms with E-state index in [2.05, 4.69) is 0 Å². The molecule has 1 aromatic carbocycles. The third kappa shape index (κ3) is 2.21. The number of hydrogen-bond donors (Lipinski definition) is 2. The molecule has 4 nitrogen and oxygen atoms in total. The Balaban J connectivity index is 2.89. The molecular formula is C7H9N2O2S-. The Bertz CT molecular complexity index is 314. The molecule has 12 heavy (non-hydrogen) atoms. The Morgan fingerprint density at radius 1 is 1.33 bits per heavy atom. The summed E-state index contributed by atoms with van der Waals surface area (Å²) in [6, 6.07) is 4.80. The van der Waals surface area contributed by atoms with Crippen LogP contribution in [-0.4, -0.2) is 8.76 Å². The van der Waals surface area contributed by atoms with Crippen LogP contribution in [0.4, 0.5) is 11.4 Å². The second-order valence-electron chi connectivity index (χ2n) is 2.41. The number of benzene rings is 1. The lowest BCUT2D eigenvalue weighted by Gasteiger charge is -2.06. The maximum atomic E-state index is 10.3. The predicted molar refractivity (Wildman–Crippen MR) is 47.9 cm³/mol. The topological polar surface area (TPSA) is 92.2 Å². The first-order chi connectivity index (χ1) is 5.59. The van der Waals surface area contributed by atoms with Crippen molar-refractivity contribution in [3.8, 4) is 0 Å². The average Bonchev–Trinajstić information content (AvgIpc) is 1.96. The lowest BCUT2D eigenvalue weighted by Crippen LogP contribution is -1.98. The summed E-state index contributed by atoms with van der Waals surface area (Å²) >= 11 is -2.08. The van der Waals surface area contributed by atoms with E-state index in [4.69, 9.17) is 11.5 Å². The first-order valence-electron chi connectivity index (χ1n) is 3.29. The lowest BCUT2D eigenvalue weighted by molar-refractivity contribution is 0.536. The molecule has 0 spiro atoms. The highest BCUT2D eigenvalue weighted by molar-refractivity contribution is 7.78. The minimum absolute atomic E-state index is 0.0233. The normalized spacial score (nSPS) is 12.8. The second kappa shape index (κ2) is 3.55. The quantitative estimate of drug-likeness (QED) is 0.509. The number of nitrogen functional groups attached to an aromatic ring is 2. The van der Waals surface area contributed by atoms with Crippen molar-refractivity contribution < 1.29 is 8.76 Å². The van der Waals surface area contributed by atoms with E-state index in [0.29, 0.717) is 16.9 Å². The molecule has 0 fully saturated rings. The van der Waals surface area contributed by atoms with E-state index < -0.39 is 11.1 Å². The summed E-state index contributed by atoms with van der Waals surface area (Å²) in [5, 5.41) is 0. The summed E-state index contributed by atoms with van der Waals surface area (Å²) in [6.07, 6.45) is 0. The zero-order chi connectivity index (χ0) is 9.14. The van der Waals surface area contributed by atoms with Gasteiger partial charge in [0.1, 0.15) is 0 Å². The fourth-order valence-corrected chi connectivity index (χ4v) is 1.30. The molecule has 0 aliphatic rings. The Morgan fingerprint density at radius 3 is 2.50 bits per heavy atom. The maximum Gasteiger partial charge on any atom is 0.0550 e. The van der Waals surface area contributed by atoms with Crippen molar-refractivity contribution in [1.82, 2.24) is 0 Å². The Hall–Kier alpha value is -1.07. The van der Waals surface area contributed by atoms with Gasteiger partial charge in [0.05, 0.1) is 11.4 Å². The highest BCUT2D eigenvalue weighted by atomic mass is 32.2. The van der Waals surface area contributed by atoms with Gasteiger partial charge in [-0.15, -0.1) is 0 Å². The van der Waals surface area contributed by atoms with Crippen molar-refractivity contribution in [2.75, 3.05) is 11.5 Å². The fourth-order valence-electron chi connectivity index (χ4n) is 0.850. The standard InChI is InChI=1S/C7H10N2O2S/c8-6-2-1-5(3-7(6)9)4-12(10)11/h1-3H,4,8-9H2,(H,10,11)/p-1. The molecule has 0 saturated heterocycles. The van der Waals surface area contributed by atoms with E-state index >= 15 is 0 Å². The number of nitrogens with two attached hydrogens (primary N) is 2. The van der Waals surface area contributed by atoms with Crippen molar-refractivity contribution in [1.29, 1.82) is 0 Å². The highest BCUT2D eigenvalue weighted by Gasteiger charge is 1.96. The van der Waals surface area contributed by atoms with Gasteiger partial charge in [0.25, 0.3) is 0 Å². The van der Waals surface area contributed by atoms with Crippen LogP contribution in [0.2, 0.25) is 0 Å². The fraction of sp³-hybridized carbons (Fsp3) is 0.143. The minimum Gasteiger partial charge on any atom is -0.772 e. The van der Waals surface area contributed by atoms with Crippen LogP contribution < -0.4 is 11.5 Å². The SMILES string of the molecule is Nc1ccc(CS(=O)[O-])cc1N. The molecule has 0 saturated carbocycles. The zero-order valence-electron chi connectivity index (χ0n) is 6.32. The van der Waals surface area contributed by atoms with Crippen molar-refractivity contribution in [2.24, 2.45) is 0 Å². The molecule has 1 rings (SSSR count). The molecule has 66 valence electrons. The molecule has 1 unspecified atom stereocenters. The van der Waals surface area contributed by atoms with Gasteiger partial charge in [0.2, 0.25) is 0 Å². The molecule has 1 aromatic rings. The van der Waals surface area contributed by atoms with E-state index in [0.717, 1.165) is 0 Å². The number of rotatable bonds is 2. The molecular weight excluding hydrogens is 176 g/mol. The van der Waals surface area contributed by atoms with Crippen LogP contribution in [0.1, 0.15) is 5.56 Å². The third-order valence-electron chi connectivity index (χ3n) is 1.44. The molecule has 4 N–H and O–H groups in total. The Kier molecular flexibility index (Phi) is 2.67. The van der Waals surface area contributed by atoms with Crippen LogP contribution in [0.3, 0.4) is 0 Å². The first-order valence-corrected chi connectivity index (χ1v) is 4.53. The molecule has 0 aromatic heterocycles. The number of hydrogen-bond acceptors (Lipinski definition) is 4. The molecule has 1 atom stereocenters. The largest absolute Gasteiger partial charge is 0.772 e. The molecule has 0 heterocycles. The van der Waals surface area contributed by atoms with E-state index in [1.54, 1.807) is 18.2 Å². The van der Waals surface area contributed by atoms with Crippen LogP contribution in [0.5, 0.6) is 0 Å². The van der Waals surface area contributed by atoms with Gasteiger partial charge in [-0.05, 0) is 17.7 Å². The van der Waals surface area contributed by atoms with Crippen LogP contribution in [0.15, 0.2) is 18.2 Å². The monoisotopic (exact) mass is 185 g/mol. The van der Waals surface area contributed by atoms with Crippen molar-refractivity contribution in [3.63, 3.8) is 0 Å². The van der Waals surface area contributed by atoms with Gasteiger partial charge in [-0.2, -0.15) is 0 Å². The maximum absolute atomic E-state index is 10.3. The second-order valence-corrected chi connectivity index (χ2v) is 3.31. The summed E-state index contributed by atoms with van der Waals surface area (Å²) in [4.78, 5) is 0. The van der Waals surface area contributed by atoms with Crippen molar-refractivity contribution in [3.05, 3.63) is 23.8 Å². The van der Waals surface area contributed by atoms with Crippen LogP contribution in [0.25, 0.3) is 0 Å². The number of anilines is 2. The third-order valence-corrected chi connectivity index (χ3v) is 2.00. The van der Waals surface area contributed by atoms with Gasteiger partial charge in [0, 0.05) is 5.75 Å². The van der Waals surface area contributed by atoms with Gasteiger partial charge >= 0.3 is 0 Å². The molecule has 5 heteroatoms. The van der Waals surface area contributed by atoms with Crippen LogP contribution in [-0.2, 0) is 16.8 Å². The molecule has 0 aliphatic carbocycles. The summed E-state index contributed by atoms with van der Waals surface area (Å²) in [5.41, 5.74) is 12.4. The molecule has 0 amide bonds. The Labute approximate surface area is 72.9 Å². The molecule has 0 bridgehead atoms. The summed E-state index contributed by atoms with van der Waals surface area (Å²) in [7, 11) is 0. The first kappa shape index (κ1) is 9.02. The average molecular weight is 185 g/mol. The summed E-state index contributed by atoms with van der Waals surface area (Å²) in [6.45, 7) is 0. The van der Waals surface area contributed by atoms with Gasteiger partial charge in [-0.3, -0.25) is 4.21 Å². The molecule has 0 radical (unpaired) electrons. The van der Waals surface area contributed by atoms with Crippen molar-refractivity contribution >= 4 is 22.5 Å². The molecule has 0 aliphatic heterocycles. The summed E-state index contributed by atoms with van der Waals surface area (Å²) in [5.74, 6) is -0.0233. The van der Waals surface area contributed by atoms with Gasteiger partial charge in [-0.25, -0.2) is 0 Å². The minimum atomic E-state index is -2.08. The van der Waals surface area contributed by atoms with E-state index in [1.165, 1.54) is 0 Å². The highest BCUT2D eigenvalue weighted by Crippen LogP contribution is 2.16. The van der Waals surface area contributed by atoms with E-state index in [-0.39, 0.29) is 5.75 Å². The van der Waals surface area contributed by atoms with Crippen molar-refractivity contribution in [2.45, 2.75) is 5.75 Å². The van der Waals surface area contributed by atoms with Crippen LogP contribution in [0, 0.1) is 0 Å². The van der Waals surface area contributed by atoms with Crippen LogP contribution >= 0.6 is 0 Å². The smallest absolute Gasteiger partial charge is 0.0550 e. The zero-order valence-corrected chi connectivity index (χ0v) is 7.14. The van der Waals surface area contributed by atoms with Gasteiger partial charge in [0.15, 0.2) is 0 Å². The Morgan fingerprint density at radius 2 is 2.00 bits per heavy atom. The van der Waals surface area contributed by atoms with Gasteiger partial charge in [-0.1, -0.05) is 17.1 Å². The van der Waals surface area contributed by atoms with E-state index in [9.17, 15) is 8.76 Å². The van der Waals surface area contributed by atoms with E-state index in [1.807, 2.05) is 0 Å². The predicted octanol–water partition coefficient (Wildman–Crippen LogP) is 0.230. The van der Waals surface area contributed by atoms with Gasteiger partial charge < -0.3 is 16.0 Å².